The van der Waals surface area contributed by atoms with Crippen LogP contribution >= 0.6 is 11.3 Å². The summed E-state index contributed by atoms with van der Waals surface area (Å²) in [5.74, 6) is -0.0883. The average molecular weight is 324 g/mol. The lowest BCUT2D eigenvalue weighted by Crippen LogP contribution is -2.50. The van der Waals surface area contributed by atoms with Crippen LogP contribution in [-0.2, 0) is 4.79 Å². The highest BCUT2D eigenvalue weighted by atomic mass is 32.1. The zero-order valence-electron chi connectivity index (χ0n) is 13.1. The first-order valence-corrected chi connectivity index (χ1v) is 8.53. The summed E-state index contributed by atoms with van der Waals surface area (Å²) in [6.45, 7) is 1.20. The molecule has 0 radical (unpaired) electrons. The van der Waals surface area contributed by atoms with Crippen LogP contribution in [0.3, 0.4) is 0 Å². The van der Waals surface area contributed by atoms with Crippen molar-refractivity contribution in [1.29, 1.82) is 0 Å². The molecule has 1 fully saturated rings. The fraction of sp³-hybridized carbons (Fsp3) is 0.600. The first kappa shape index (κ1) is 16.8. The van der Waals surface area contributed by atoms with E-state index in [4.69, 9.17) is 0 Å². The Hall–Kier alpha value is -1.60. The molecular formula is C15H24N4O2S. The van der Waals surface area contributed by atoms with Crippen molar-refractivity contribution in [2.75, 3.05) is 27.2 Å². The van der Waals surface area contributed by atoms with Gasteiger partial charge < -0.3 is 20.9 Å². The third kappa shape index (κ3) is 4.71. The van der Waals surface area contributed by atoms with Crippen LogP contribution in [-0.4, -0.2) is 50.1 Å². The quantitative estimate of drug-likeness (QED) is 0.765. The summed E-state index contributed by atoms with van der Waals surface area (Å²) in [5, 5.41) is 12.6. The number of rotatable bonds is 5. The monoisotopic (exact) mass is 324 g/mol. The van der Waals surface area contributed by atoms with Crippen LogP contribution in [0.25, 0.3) is 0 Å². The number of hydrogen-bond donors (Lipinski definition) is 3. The van der Waals surface area contributed by atoms with Crippen molar-refractivity contribution in [2.45, 2.75) is 31.3 Å². The molecule has 0 aromatic carbocycles. The fourth-order valence-corrected chi connectivity index (χ4v) is 3.25. The van der Waals surface area contributed by atoms with E-state index >= 15 is 0 Å². The molecule has 2 heterocycles. The van der Waals surface area contributed by atoms with Crippen molar-refractivity contribution in [3.05, 3.63) is 22.4 Å². The second-order valence-electron chi connectivity index (χ2n) is 5.73. The number of amides is 3. The highest BCUT2D eigenvalue weighted by Gasteiger charge is 2.23. The van der Waals surface area contributed by atoms with Crippen LogP contribution in [0.4, 0.5) is 4.79 Å². The number of hydrogen-bond acceptors (Lipinski definition) is 4. The highest BCUT2D eigenvalue weighted by molar-refractivity contribution is 7.07. The SMILES string of the molecule is CN(C)C(CNC(=O)NC1CCCCNC1=O)c1ccsc1. The zero-order chi connectivity index (χ0) is 15.9. The Morgan fingerprint density at radius 2 is 2.32 bits per heavy atom. The zero-order valence-corrected chi connectivity index (χ0v) is 13.9. The van der Waals surface area contributed by atoms with Gasteiger partial charge in [-0.2, -0.15) is 11.3 Å². The maximum absolute atomic E-state index is 12.0. The molecule has 1 aliphatic heterocycles. The first-order valence-electron chi connectivity index (χ1n) is 7.58. The van der Waals surface area contributed by atoms with Gasteiger partial charge >= 0.3 is 6.03 Å². The molecule has 1 aliphatic rings. The molecule has 2 unspecified atom stereocenters. The van der Waals surface area contributed by atoms with Crippen LogP contribution in [0.2, 0.25) is 0 Å². The maximum atomic E-state index is 12.0. The van der Waals surface area contributed by atoms with E-state index in [1.165, 1.54) is 5.56 Å². The van der Waals surface area contributed by atoms with Crippen LogP contribution < -0.4 is 16.0 Å². The smallest absolute Gasteiger partial charge is 0.315 e. The van der Waals surface area contributed by atoms with Crippen LogP contribution in [0.1, 0.15) is 30.9 Å². The molecule has 3 amide bonds. The summed E-state index contributed by atoms with van der Waals surface area (Å²) in [4.78, 5) is 25.9. The van der Waals surface area contributed by atoms with Gasteiger partial charge in [0.25, 0.3) is 0 Å². The lowest BCUT2D eigenvalue weighted by Gasteiger charge is -2.24. The van der Waals surface area contributed by atoms with E-state index in [0.29, 0.717) is 19.5 Å². The number of nitrogens with one attached hydrogen (secondary N) is 3. The van der Waals surface area contributed by atoms with E-state index in [1.54, 1.807) is 11.3 Å². The van der Waals surface area contributed by atoms with E-state index < -0.39 is 6.04 Å². The van der Waals surface area contributed by atoms with Crippen molar-refractivity contribution in [2.24, 2.45) is 0 Å². The summed E-state index contributed by atoms with van der Waals surface area (Å²) >= 11 is 1.64. The minimum atomic E-state index is -0.429. The van der Waals surface area contributed by atoms with Crippen LogP contribution in [0.5, 0.6) is 0 Å². The van der Waals surface area contributed by atoms with Gasteiger partial charge in [0.1, 0.15) is 6.04 Å². The summed E-state index contributed by atoms with van der Waals surface area (Å²) in [6, 6.07) is 1.47. The summed E-state index contributed by atoms with van der Waals surface area (Å²) < 4.78 is 0. The van der Waals surface area contributed by atoms with E-state index in [-0.39, 0.29) is 18.0 Å². The van der Waals surface area contributed by atoms with Gasteiger partial charge in [0.15, 0.2) is 0 Å². The third-order valence-corrected chi connectivity index (χ3v) is 4.55. The Kier molecular flexibility index (Phi) is 6.21. The van der Waals surface area contributed by atoms with Gasteiger partial charge in [0.05, 0.1) is 6.04 Å². The van der Waals surface area contributed by atoms with Crippen molar-refractivity contribution in [3.63, 3.8) is 0 Å². The van der Waals surface area contributed by atoms with Crippen molar-refractivity contribution < 1.29 is 9.59 Å². The molecule has 2 rings (SSSR count). The molecule has 3 N–H and O–H groups in total. The number of urea groups is 1. The molecule has 22 heavy (non-hydrogen) atoms. The van der Waals surface area contributed by atoms with Gasteiger partial charge in [-0.05, 0) is 55.7 Å². The van der Waals surface area contributed by atoms with Gasteiger partial charge in [-0.15, -0.1) is 0 Å². The largest absolute Gasteiger partial charge is 0.354 e. The number of thiophene rings is 1. The van der Waals surface area contributed by atoms with Gasteiger partial charge in [-0.1, -0.05) is 0 Å². The number of carbonyl (C=O) groups is 2. The number of nitrogens with zero attached hydrogens (tertiary/aromatic N) is 1. The van der Waals surface area contributed by atoms with Gasteiger partial charge in [0, 0.05) is 13.1 Å². The van der Waals surface area contributed by atoms with E-state index in [0.717, 1.165) is 12.8 Å². The molecule has 0 aliphatic carbocycles. The molecular weight excluding hydrogens is 300 g/mol. The predicted octanol–water partition coefficient (Wildman–Crippen LogP) is 1.32. The standard InChI is InChI=1S/C15H24N4O2S/c1-19(2)13(11-6-8-22-10-11)9-17-15(21)18-12-5-3-4-7-16-14(12)20/h6,8,10,12-13H,3-5,7,9H2,1-2H3,(H,16,20)(H2,17,18,21). The minimum Gasteiger partial charge on any atom is -0.354 e. The Balaban J connectivity index is 1.84. The van der Waals surface area contributed by atoms with Crippen molar-refractivity contribution in [1.82, 2.24) is 20.9 Å². The molecule has 7 heteroatoms. The molecule has 1 aromatic rings. The first-order chi connectivity index (χ1) is 10.6. The van der Waals surface area contributed by atoms with Crippen LogP contribution in [0.15, 0.2) is 16.8 Å². The highest BCUT2D eigenvalue weighted by Crippen LogP contribution is 2.19. The second-order valence-corrected chi connectivity index (χ2v) is 6.51. The minimum absolute atomic E-state index is 0.0883. The Bertz CT molecular complexity index is 490. The van der Waals surface area contributed by atoms with E-state index in [2.05, 4.69) is 32.3 Å². The molecule has 6 nitrogen and oxygen atoms in total. The average Bonchev–Trinajstić information content (AvgIpc) is 2.92. The van der Waals surface area contributed by atoms with Gasteiger partial charge in [-0.3, -0.25) is 4.79 Å². The summed E-state index contributed by atoms with van der Waals surface area (Å²) in [6.07, 6.45) is 2.60. The normalized spacial score (nSPS) is 20.1. The summed E-state index contributed by atoms with van der Waals surface area (Å²) in [7, 11) is 3.97. The van der Waals surface area contributed by atoms with E-state index in [9.17, 15) is 9.59 Å². The van der Waals surface area contributed by atoms with Crippen LogP contribution in [0, 0.1) is 0 Å². The summed E-state index contributed by atoms with van der Waals surface area (Å²) in [5.41, 5.74) is 1.18. The Morgan fingerprint density at radius 1 is 1.50 bits per heavy atom. The Morgan fingerprint density at radius 3 is 3.00 bits per heavy atom. The topological polar surface area (TPSA) is 73.5 Å². The molecule has 2 atom stereocenters. The molecule has 1 aromatic heterocycles. The maximum Gasteiger partial charge on any atom is 0.315 e. The predicted molar refractivity (Wildman–Crippen MR) is 87.9 cm³/mol. The molecule has 122 valence electrons. The lowest BCUT2D eigenvalue weighted by molar-refractivity contribution is -0.122. The Labute approximate surface area is 135 Å². The fourth-order valence-electron chi connectivity index (χ4n) is 2.54. The van der Waals surface area contributed by atoms with Crippen molar-refractivity contribution in [3.8, 4) is 0 Å². The number of carbonyl (C=O) groups excluding carboxylic acids is 2. The molecule has 0 bridgehead atoms. The molecule has 1 saturated heterocycles. The molecule has 0 saturated carbocycles. The lowest BCUT2D eigenvalue weighted by atomic mass is 10.1. The number of likely N-dealkylation sites (N-methyl/N-ethyl adjacent to an activating group) is 1. The van der Waals surface area contributed by atoms with Crippen molar-refractivity contribution >= 4 is 23.3 Å². The molecule has 0 spiro atoms. The second kappa shape index (κ2) is 8.14. The van der Waals surface area contributed by atoms with E-state index in [1.807, 2.05) is 19.5 Å². The van der Waals surface area contributed by atoms with Gasteiger partial charge in [-0.25, -0.2) is 4.79 Å². The third-order valence-electron chi connectivity index (χ3n) is 3.85. The van der Waals surface area contributed by atoms with Gasteiger partial charge in [0.2, 0.25) is 5.91 Å².